The first-order valence-electron chi connectivity index (χ1n) is 10.7. The van der Waals surface area contributed by atoms with Gasteiger partial charge < -0.3 is 10.1 Å². The van der Waals surface area contributed by atoms with E-state index in [1.54, 1.807) is 0 Å². The van der Waals surface area contributed by atoms with Crippen molar-refractivity contribution in [3.63, 3.8) is 0 Å². The van der Waals surface area contributed by atoms with Gasteiger partial charge in [0.15, 0.2) is 6.61 Å². The van der Waals surface area contributed by atoms with Gasteiger partial charge in [0.2, 0.25) is 0 Å². The number of carbonyl (C=O) groups is 4. The largest absolute Gasteiger partial charge is 0.452 e. The third-order valence-electron chi connectivity index (χ3n) is 7.06. The van der Waals surface area contributed by atoms with Crippen molar-refractivity contribution in [2.24, 2.45) is 5.92 Å². The molecule has 2 N–H and O–H groups in total. The zero-order valence-electron chi connectivity index (χ0n) is 19.1. The lowest BCUT2D eigenvalue weighted by atomic mass is 9.77. The van der Waals surface area contributed by atoms with Gasteiger partial charge in [0.1, 0.15) is 5.54 Å². The van der Waals surface area contributed by atoms with Gasteiger partial charge in [-0.15, -0.1) is 0 Å². The summed E-state index contributed by atoms with van der Waals surface area (Å²) in [6.07, 6.45) is 2.76. The molecule has 3 rings (SSSR count). The Balaban J connectivity index is 1.64. The normalized spacial score (nSPS) is 23.2. The summed E-state index contributed by atoms with van der Waals surface area (Å²) in [5.41, 5.74) is 6.54. The predicted molar refractivity (Wildman–Crippen MR) is 114 cm³/mol. The van der Waals surface area contributed by atoms with Gasteiger partial charge in [0, 0.05) is 0 Å². The minimum atomic E-state index is -0.946. The summed E-state index contributed by atoms with van der Waals surface area (Å²) < 4.78 is 5.21. The number of hydrogen-bond acceptors (Lipinski definition) is 5. The zero-order valence-corrected chi connectivity index (χ0v) is 19.1. The van der Waals surface area contributed by atoms with Crippen molar-refractivity contribution in [2.75, 3.05) is 6.61 Å². The first-order valence-corrected chi connectivity index (χ1v) is 10.7. The molecule has 0 unspecified atom stereocenters. The lowest BCUT2D eigenvalue weighted by Gasteiger charge is -2.33. The fourth-order valence-electron chi connectivity index (χ4n) is 4.48. The van der Waals surface area contributed by atoms with Crippen molar-refractivity contribution in [3.05, 3.63) is 33.4 Å². The standard InChI is InChI=1S/C23H31N3O5/c1-12-7-9-23(10-8-12)21(29)26(22(30)24-23)25-18(27)11-31-20(28)19-16(5)14(3)13(2)15(4)17(19)6/h12H,7-11H2,1-6H3,(H,24,30)(H,25,27). The Hall–Kier alpha value is -2.90. The summed E-state index contributed by atoms with van der Waals surface area (Å²) in [6, 6.07) is -0.657. The Labute approximate surface area is 182 Å². The minimum Gasteiger partial charge on any atom is -0.452 e. The fourth-order valence-corrected chi connectivity index (χ4v) is 4.48. The summed E-state index contributed by atoms with van der Waals surface area (Å²) in [7, 11) is 0. The first kappa shape index (κ1) is 22.8. The second-order valence-corrected chi connectivity index (χ2v) is 8.95. The maximum Gasteiger partial charge on any atom is 0.344 e. The van der Waals surface area contributed by atoms with E-state index in [9.17, 15) is 19.2 Å². The molecule has 8 nitrogen and oxygen atoms in total. The van der Waals surface area contributed by atoms with Crippen LogP contribution in [0.3, 0.4) is 0 Å². The van der Waals surface area contributed by atoms with Crippen molar-refractivity contribution in [1.82, 2.24) is 15.8 Å². The fraction of sp³-hybridized carbons (Fsp3) is 0.565. The molecule has 168 valence electrons. The molecule has 1 aromatic rings. The van der Waals surface area contributed by atoms with Crippen LogP contribution in [-0.2, 0) is 14.3 Å². The number of imide groups is 1. The Morgan fingerprint density at radius 1 is 1.00 bits per heavy atom. The van der Waals surface area contributed by atoms with Crippen LogP contribution in [-0.4, -0.2) is 41.0 Å². The molecule has 31 heavy (non-hydrogen) atoms. The van der Waals surface area contributed by atoms with Crippen molar-refractivity contribution in [1.29, 1.82) is 0 Å². The highest BCUT2D eigenvalue weighted by atomic mass is 16.5. The average molecular weight is 430 g/mol. The highest BCUT2D eigenvalue weighted by molar-refractivity contribution is 6.08. The van der Waals surface area contributed by atoms with Gasteiger partial charge >= 0.3 is 12.0 Å². The van der Waals surface area contributed by atoms with E-state index in [2.05, 4.69) is 17.7 Å². The zero-order chi connectivity index (χ0) is 23.1. The molecule has 0 aromatic heterocycles. The van der Waals surface area contributed by atoms with Gasteiger partial charge in [-0.1, -0.05) is 6.92 Å². The number of rotatable bonds is 4. The number of carbonyl (C=O) groups excluding carboxylic acids is 4. The van der Waals surface area contributed by atoms with E-state index in [1.165, 1.54) is 0 Å². The molecule has 1 saturated heterocycles. The van der Waals surface area contributed by atoms with Crippen molar-refractivity contribution in [2.45, 2.75) is 72.8 Å². The smallest absolute Gasteiger partial charge is 0.344 e. The quantitative estimate of drug-likeness (QED) is 0.566. The van der Waals surface area contributed by atoms with E-state index in [0.29, 0.717) is 29.3 Å². The van der Waals surface area contributed by atoms with E-state index < -0.39 is 36.0 Å². The number of esters is 1. The third-order valence-corrected chi connectivity index (χ3v) is 7.06. The maximum absolute atomic E-state index is 12.8. The number of nitrogens with zero attached hydrogens (tertiary/aromatic N) is 1. The number of ether oxygens (including phenoxy) is 1. The molecular formula is C23H31N3O5. The molecular weight excluding hydrogens is 398 g/mol. The van der Waals surface area contributed by atoms with E-state index in [1.807, 2.05) is 34.6 Å². The topological polar surface area (TPSA) is 105 Å². The van der Waals surface area contributed by atoms with Crippen LogP contribution in [0.25, 0.3) is 0 Å². The van der Waals surface area contributed by atoms with E-state index in [-0.39, 0.29) is 0 Å². The monoisotopic (exact) mass is 429 g/mol. The van der Waals surface area contributed by atoms with Crippen molar-refractivity contribution in [3.8, 4) is 0 Å². The summed E-state index contributed by atoms with van der Waals surface area (Å²) >= 11 is 0. The van der Waals surface area contributed by atoms with E-state index >= 15 is 0 Å². The molecule has 1 heterocycles. The lowest BCUT2D eigenvalue weighted by molar-refractivity contribution is -0.141. The first-order chi connectivity index (χ1) is 14.5. The van der Waals surface area contributed by atoms with Gasteiger partial charge in [-0.3, -0.25) is 15.0 Å². The molecule has 8 heteroatoms. The van der Waals surface area contributed by atoms with Gasteiger partial charge in [-0.2, -0.15) is 5.01 Å². The molecule has 1 aliphatic carbocycles. The Morgan fingerprint density at radius 3 is 2.06 bits per heavy atom. The molecule has 4 amide bonds. The van der Waals surface area contributed by atoms with Crippen molar-refractivity contribution < 1.29 is 23.9 Å². The van der Waals surface area contributed by atoms with Crippen LogP contribution in [0.1, 0.15) is 70.8 Å². The van der Waals surface area contributed by atoms with E-state index in [0.717, 1.165) is 40.7 Å². The number of nitrogens with one attached hydrogen (secondary N) is 2. The number of hydrazine groups is 1. The minimum absolute atomic E-state index is 0.443. The Bertz CT molecular complexity index is 931. The average Bonchev–Trinajstić information content (AvgIpc) is 2.96. The number of benzene rings is 1. The van der Waals surface area contributed by atoms with Crippen LogP contribution < -0.4 is 10.7 Å². The molecule has 1 spiro atoms. The summed E-state index contributed by atoms with van der Waals surface area (Å²) in [5, 5.41) is 3.44. The molecule has 0 radical (unpaired) electrons. The maximum atomic E-state index is 12.8. The number of hydrogen-bond donors (Lipinski definition) is 2. The van der Waals surface area contributed by atoms with Crippen LogP contribution in [0.15, 0.2) is 0 Å². The third kappa shape index (κ3) is 4.03. The number of amides is 4. The molecule has 2 aliphatic rings. The van der Waals surface area contributed by atoms with Gasteiger partial charge in [-0.25, -0.2) is 9.59 Å². The van der Waals surface area contributed by atoms with Crippen LogP contribution in [0.4, 0.5) is 4.79 Å². The second-order valence-electron chi connectivity index (χ2n) is 8.95. The second kappa shape index (κ2) is 8.32. The van der Waals surface area contributed by atoms with Crippen LogP contribution >= 0.6 is 0 Å². The predicted octanol–water partition coefficient (Wildman–Crippen LogP) is 2.92. The highest BCUT2D eigenvalue weighted by Crippen LogP contribution is 2.35. The molecule has 1 aliphatic heterocycles. The summed E-state index contributed by atoms with van der Waals surface area (Å²) in [5.74, 6) is -1.31. The Morgan fingerprint density at radius 2 is 1.52 bits per heavy atom. The van der Waals surface area contributed by atoms with Gasteiger partial charge in [-0.05, 0) is 94.0 Å². The van der Waals surface area contributed by atoms with Crippen molar-refractivity contribution >= 4 is 23.8 Å². The van der Waals surface area contributed by atoms with Gasteiger partial charge in [0.25, 0.3) is 11.8 Å². The molecule has 0 atom stereocenters. The Kier molecular flexibility index (Phi) is 6.11. The van der Waals surface area contributed by atoms with Crippen LogP contribution in [0.2, 0.25) is 0 Å². The number of urea groups is 1. The molecule has 2 fully saturated rings. The SMILES string of the molecule is Cc1c(C)c(C)c(C(=O)OCC(=O)NN2C(=O)NC3(CCC(C)CC3)C2=O)c(C)c1C. The summed E-state index contributed by atoms with van der Waals surface area (Å²) in [6.45, 7) is 11.1. The summed E-state index contributed by atoms with van der Waals surface area (Å²) in [4.78, 5) is 50.1. The van der Waals surface area contributed by atoms with Crippen LogP contribution in [0.5, 0.6) is 0 Å². The lowest BCUT2D eigenvalue weighted by Crippen LogP contribution is -2.52. The van der Waals surface area contributed by atoms with Crippen LogP contribution in [0, 0.1) is 40.5 Å². The molecule has 0 bridgehead atoms. The van der Waals surface area contributed by atoms with Gasteiger partial charge in [0.05, 0.1) is 5.56 Å². The van der Waals surface area contributed by atoms with E-state index in [4.69, 9.17) is 4.74 Å². The molecule has 1 saturated carbocycles. The highest BCUT2D eigenvalue weighted by Gasteiger charge is 2.52. The molecule has 1 aromatic carbocycles.